The number of benzene rings is 1. The first-order valence-electron chi connectivity index (χ1n) is 10.1. The molecule has 3 amide bonds. The fraction of sp³-hybridized carbons (Fsp3) is 0.217. The zero-order valence-corrected chi connectivity index (χ0v) is 18.2. The summed E-state index contributed by atoms with van der Waals surface area (Å²) < 4.78 is 5.11. The second kappa shape index (κ2) is 9.19. The van der Waals surface area contributed by atoms with Gasteiger partial charge < -0.3 is 20.0 Å². The van der Waals surface area contributed by atoms with Crippen LogP contribution in [0.5, 0.6) is 0 Å². The highest BCUT2D eigenvalue weighted by Gasteiger charge is 2.24. The zero-order chi connectivity index (χ0) is 22.7. The van der Waals surface area contributed by atoms with E-state index in [-0.39, 0.29) is 24.0 Å². The predicted molar refractivity (Wildman–Crippen MR) is 120 cm³/mol. The minimum absolute atomic E-state index is 0.0511. The lowest BCUT2D eigenvalue weighted by atomic mass is 10.1. The van der Waals surface area contributed by atoms with Crippen molar-refractivity contribution in [1.82, 2.24) is 5.32 Å². The minimum atomic E-state index is -0.809. The molecule has 9 heteroatoms. The lowest BCUT2D eigenvalue weighted by Gasteiger charge is -2.19. The van der Waals surface area contributed by atoms with Crippen LogP contribution >= 0.6 is 11.3 Å². The zero-order valence-electron chi connectivity index (χ0n) is 17.3. The van der Waals surface area contributed by atoms with E-state index in [4.69, 9.17) is 4.42 Å². The van der Waals surface area contributed by atoms with E-state index >= 15 is 0 Å². The summed E-state index contributed by atoms with van der Waals surface area (Å²) in [5, 5.41) is 5.13. The molecule has 0 radical (unpaired) electrons. The molecule has 2 aromatic heterocycles. The van der Waals surface area contributed by atoms with Gasteiger partial charge in [-0.05, 0) is 55.3 Å². The smallest absolute Gasteiger partial charge is 0.313 e. The van der Waals surface area contributed by atoms with Crippen molar-refractivity contribution in [2.75, 3.05) is 16.8 Å². The number of nitrogens with one attached hydrogen (secondary N) is 2. The van der Waals surface area contributed by atoms with Crippen LogP contribution in [0.25, 0.3) is 0 Å². The fourth-order valence-corrected chi connectivity index (χ4v) is 4.33. The van der Waals surface area contributed by atoms with Gasteiger partial charge in [-0.2, -0.15) is 0 Å². The third kappa shape index (κ3) is 4.62. The number of anilines is 2. The summed E-state index contributed by atoms with van der Waals surface area (Å²) in [6.45, 7) is 2.65. The summed E-state index contributed by atoms with van der Waals surface area (Å²) in [6, 6.07) is 11.8. The van der Waals surface area contributed by atoms with E-state index in [1.165, 1.54) is 17.6 Å². The van der Waals surface area contributed by atoms with Gasteiger partial charge in [0.05, 0.1) is 17.7 Å². The second-order valence-corrected chi connectivity index (χ2v) is 8.53. The first-order chi connectivity index (χ1) is 15.4. The fourth-order valence-electron chi connectivity index (χ4n) is 3.44. The molecule has 0 bridgehead atoms. The topological polar surface area (TPSA) is 109 Å². The van der Waals surface area contributed by atoms with Gasteiger partial charge in [0.2, 0.25) is 11.7 Å². The molecule has 1 aromatic carbocycles. The van der Waals surface area contributed by atoms with Crippen molar-refractivity contribution in [3.63, 3.8) is 0 Å². The van der Waals surface area contributed by atoms with Crippen molar-refractivity contribution in [3.8, 4) is 0 Å². The summed E-state index contributed by atoms with van der Waals surface area (Å²) in [5.41, 5.74) is 2.09. The van der Waals surface area contributed by atoms with Gasteiger partial charge in [-0.1, -0.05) is 6.07 Å². The summed E-state index contributed by atoms with van der Waals surface area (Å²) in [7, 11) is 0. The van der Waals surface area contributed by atoms with E-state index in [9.17, 15) is 19.2 Å². The number of aryl methyl sites for hydroxylation is 1. The van der Waals surface area contributed by atoms with Crippen LogP contribution in [-0.2, 0) is 20.9 Å². The van der Waals surface area contributed by atoms with Crippen molar-refractivity contribution in [2.45, 2.75) is 26.3 Å². The van der Waals surface area contributed by atoms with Gasteiger partial charge in [-0.25, -0.2) is 0 Å². The molecular weight excluding hydrogens is 430 g/mol. The second-order valence-electron chi connectivity index (χ2n) is 7.36. The van der Waals surface area contributed by atoms with Gasteiger partial charge in [0.1, 0.15) is 0 Å². The molecule has 1 saturated heterocycles. The minimum Gasteiger partial charge on any atom is -0.461 e. The Morgan fingerprint density at radius 2 is 1.97 bits per heavy atom. The molecule has 0 atom stereocenters. The van der Waals surface area contributed by atoms with E-state index in [0.717, 1.165) is 22.5 Å². The standard InChI is InChI=1S/C23H21N3O5S/c1-14-6-7-15(12-17(14)26-10-2-5-20(26)27)25-23(30)22(29)24-13-16-8-9-19(32-16)21(28)18-4-3-11-31-18/h3-4,6-9,11-12H,2,5,10,13H2,1H3,(H,24,29)(H,25,30). The maximum atomic E-state index is 12.3. The highest BCUT2D eigenvalue weighted by Crippen LogP contribution is 2.28. The first-order valence-corrected chi connectivity index (χ1v) is 10.9. The molecule has 0 aliphatic carbocycles. The van der Waals surface area contributed by atoms with Gasteiger partial charge in [-0.15, -0.1) is 11.3 Å². The van der Waals surface area contributed by atoms with Crippen LogP contribution in [0.1, 0.15) is 38.7 Å². The van der Waals surface area contributed by atoms with Crippen LogP contribution in [0.3, 0.4) is 0 Å². The average molecular weight is 452 g/mol. The third-order valence-corrected chi connectivity index (χ3v) is 6.18. The Bertz CT molecular complexity index is 1180. The van der Waals surface area contributed by atoms with Gasteiger partial charge in [-0.3, -0.25) is 19.2 Å². The van der Waals surface area contributed by atoms with Crippen molar-refractivity contribution in [2.24, 2.45) is 0 Å². The molecule has 4 rings (SSSR count). The molecule has 3 aromatic rings. The number of amides is 3. The van der Waals surface area contributed by atoms with Crippen LogP contribution in [0, 0.1) is 6.92 Å². The van der Waals surface area contributed by atoms with Crippen LogP contribution < -0.4 is 15.5 Å². The number of furan rings is 1. The number of rotatable bonds is 6. The van der Waals surface area contributed by atoms with Gasteiger partial charge in [0.15, 0.2) is 5.76 Å². The molecule has 1 fully saturated rings. The molecule has 1 aliphatic rings. The normalized spacial score (nSPS) is 13.3. The van der Waals surface area contributed by atoms with E-state index in [2.05, 4.69) is 10.6 Å². The monoisotopic (exact) mass is 451 g/mol. The number of hydrogen-bond acceptors (Lipinski definition) is 6. The molecule has 0 unspecified atom stereocenters. The number of carbonyl (C=O) groups excluding carboxylic acids is 4. The Labute approximate surface area is 188 Å². The number of nitrogens with zero attached hydrogens (tertiary/aromatic N) is 1. The lowest BCUT2D eigenvalue weighted by Crippen LogP contribution is -2.34. The van der Waals surface area contributed by atoms with Gasteiger partial charge in [0.25, 0.3) is 0 Å². The first kappa shape index (κ1) is 21.5. The SMILES string of the molecule is Cc1ccc(NC(=O)C(=O)NCc2ccc(C(=O)c3ccco3)s2)cc1N1CCCC1=O. The average Bonchev–Trinajstić information content (AvgIpc) is 3.55. The molecule has 8 nitrogen and oxygen atoms in total. The molecule has 164 valence electrons. The van der Waals surface area contributed by atoms with E-state index < -0.39 is 11.8 Å². The summed E-state index contributed by atoms with van der Waals surface area (Å²) >= 11 is 1.22. The van der Waals surface area contributed by atoms with Crippen molar-refractivity contribution >= 4 is 46.2 Å². The maximum absolute atomic E-state index is 12.3. The highest BCUT2D eigenvalue weighted by atomic mass is 32.1. The van der Waals surface area contributed by atoms with E-state index in [0.29, 0.717) is 23.5 Å². The summed E-state index contributed by atoms with van der Waals surface area (Å²) in [6.07, 6.45) is 2.74. The summed E-state index contributed by atoms with van der Waals surface area (Å²) in [4.78, 5) is 51.8. The van der Waals surface area contributed by atoms with Crippen molar-refractivity contribution in [1.29, 1.82) is 0 Å². The Kier molecular flexibility index (Phi) is 6.18. The maximum Gasteiger partial charge on any atom is 0.313 e. The quantitative estimate of drug-likeness (QED) is 0.442. The number of thiophene rings is 1. The molecule has 0 spiro atoms. The van der Waals surface area contributed by atoms with Gasteiger partial charge in [0, 0.05) is 29.2 Å². The molecule has 32 heavy (non-hydrogen) atoms. The number of ketones is 1. The Balaban J connectivity index is 1.34. The molecular formula is C23H21N3O5S. The number of carbonyl (C=O) groups is 4. The Morgan fingerprint density at radius 3 is 2.69 bits per heavy atom. The molecule has 3 heterocycles. The molecule has 2 N–H and O–H groups in total. The van der Waals surface area contributed by atoms with Crippen molar-refractivity contribution in [3.05, 3.63) is 69.8 Å². The van der Waals surface area contributed by atoms with Crippen molar-refractivity contribution < 1.29 is 23.6 Å². The lowest BCUT2D eigenvalue weighted by molar-refractivity contribution is -0.136. The van der Waals surface area contributed by atoms with Crippen LogP contribution in [0.15, 0.2) is 53.1 Å². The number of hydrogen-bond donors (Lipinski definition) is 2. The largest absolute Gasteiger partial charge is 0.461 e. The van der Waals surface area contributed by atoms with E-state index in [1.54, 1.807) is 47.4 Å². The van der Waals surface area contributed by atoms with E-state index in [1.807, 2.05) is 6.92 Å². The Morgan fingerprint density at radius 1 is 1.12 bits per heavy atom. The highest BCUT2D eigenvalue weighted by molar-refractivity contribution is 7.14. The Hall–Kier alpha value is -3.72. The van der Waals surface area contributed by atoms with Crippen LogP contribution in [0.2, 0.25) is 0 Å². The van der Waals surface area contributed by atoms with Crippen LogP contribution in [-0.4, -0.2) is 30.0 Å². The summed E-state index contributed by atoms with van der Waals surface area (Å²) in [5.74, 6) is -1.54. The molecule has 1 aliphatic heterocycles. The third-order valence-electron chi connectivity index (χ3n) is 5.09. The van der Waals surface area contributed by atoms with Crippen LogP contribution in [0.4, 0.5) is 11.4 Å². The van der Waals surface area contributed by atoms with Gasteiger partial charge >= 0.3 is 11.8 Å². The molecule has 0 saturated carbocycles. The predicted octanol–water partition coefficient (Wildman–Crippen LogP) is 3.26.